The Morgan fingerprint density at radius 3 is 2.04 bits per heavy atom. The molecule has 2 aromatic carbocycles. The van der Waals surface area contributed by atoms with Gasteiger partial charge in [0.05, 0.1) is 56.0 Å². The van der Waals surface area contributed by atoms with Crippen molar-refractivity contribution in [2.24, 2.45) is 0 Å². The molecule has 0 aliphatic heterocycles. The molecule has 0 aliphatic carbocycles. The van der Waals surface area contributed by atoms with E-state index in [4.69, 9.17) is 58.5 Å². The lowest BCUT2D eigenvalue weighted by Gasteiger charge is -2.31. The largest absolute Gasteiger partial charge is 0.464 e. The maximum Gasteiger partial charge on any atom is 0.407 e. The first kappa shape index (κ1) is 42.0. The molecule has 0 saturated carbocycles. The van der Waals surface area contributed by atoms with Crippen LogP contribution in [0.25, 0.3) is 16.9 Å². The molecule has 0 bridgehead atoms. The Labute approximate surface area is 314 Å². The molecule has 15 heteroatoms. The normalized spacial score (nSPS) is 12.6. The number of amides is 2. The Morgan fingerprint density at radius 2 is 1.45 bits per heavy atom. The van der Waals surface area contributed by atoms with Gasteiger partial charge in [0.1, 0.15) is 11.1 Å². The number of halogens is 3. The smallest absolute Gasteiger partial charge is 0.407 e. The molecule has 3 rings (SSSR count). The second-order valence-corrected chi connectivity index (χ2v) is 13.7. The van der Waals surface area contributed by atoms with Gasteiger partial charge in [-0.05, 0) is 71.4 Å². The van der Waals surface area contributed by atoms with Crippen LogP contribution in [0.3, 0.4) is 0 Å². The van der Waals surface area contributed by atoms with Gasteiger partial charge in [-0.15, -0.1) is 0 Å². The first-order valence-corrected chi connectivity index (χ1v) is 17.9. The fourth-order valence-corrected chi connectivity index (χ4v) is 5.60. The number of nitrogens with one attached hydrogen (secondary N) is 2. The Morgan fingerprint density at radius 1 is 0.843 bits per heavy atom. The van der Waals surface area contributed by atoms with E-state index in [-0.39, 0.29) is 38.4 Å². The van der Waals surface area contributed by atoms with Crippen molar-refractivity contribution in [3.05, 3.63) is 68.8 Å². The van der Waals surface area contributed by atoms with E-state index in [1.165, 1.54) is 0 Å². The molecule has 1 aromatic heterocycles. The first-order chi connectivity index (χ1) is 24.2. The van der Waals surface area contributed by atoms with E-state index in [0.717, 1.165) is 5.56 Å². The summed E-state index contributed by atoms with van der Waals surface area (Å²) in [4.78, 5) is 39.0. The Kier molecular flexibility index (Phi) is 16.5. The number of aromatic nitrogens is 2. The summed E-state index contributed by atoms with van der Waals surface area (Å²) < 4.78 is 28.9. The quantitative estimate of drug-likeness (QED) is 0.0957. The van der Waals surface area contributed by atoms with Crippen molar-refractivity contribution in [3.8, 4) is 16.9 Å². The van der Waals surface area contributed by atoms with Crippen LogP contribution in [-0.2, 0) is 28.5 Å². The Hall–Kier alpha value is -3.39. The number of hydrogen-bond donors (Lipinski definition) is 2. The number of rotatable bonds is 19. The highest BCUT2D eigenvalue weighted by Crippen LogP contribution is 2.33. The third-order valence-corrected chi connectivity index (χ3v) is 8.34. The third kappa shape index (κ3) is 12.7. The lowest BCUT2D eigenvalue weighted by Crippen LogP contribution is -2.55. The number of ether oxygens (including phenoxy) is 5. The minimum absolute atomic E-state index is 0.102. The fraction of sp³-hybridized carbons (Fsp3) is 0.500. The van der Waals surface area contributed by atoms with Crippen LogP contribution in [0.2, 0.25) is 15.1 Å². The highest BCUT2D eigenvalue weighted by molar-refractivity contribution is 6.35. The van der Waals surface area contributed by atoms with E-state index in [2.05, 4.69) is 15.7 Å². The molecule has 280 valence electrons. The number of benzene rings is 2. The summed E-state index contributed by atoms with van der Waals surface area (Å²) in [6.07, 6.45) is -0.109. The molecule has 0 unspecified atom stereocenters. The van der Waals surface area contributed by atoms with Crippen molar-refractivity contribution in [1.29, 1.82) is 0 Å². The molecule has 2 N–H and O–H groups in total. The molecule has 3 aromatic rings. The van der Waals surface area contributed by atoms with Gasteiger partial charge in [-0.1, -0.05) is 53.9 Å². The van der Waals surface area contributed by atoms with Gasteiger partial charge in [-0.3, -0.25) is 4.79 Å². The Bertz CT molecular complexity index is 1610. The van der Waals surface area contributed by atoms with E-state index < -0.39 is 29.1 Å². The van der Waals surface area contributed by atoms with Crippen LogP contribution in [0.5, 0.6) is 0 Å². The van der Waals surface area contributed by atoms with Crippen LogP contribution in [0.4, 0.5) is 4.79 Å². The number of nitrogens with zero attached hydrogens (tertiary/aromatic N) is 2. The van der Waals surface area contributed by atoms with Gasteiger partial charge in [0, 0.05) is 40.7 Å². The number of carbonyl (C=O) groups excluding carboxylic acids is 3. The van der Waals surface area contributed by atoms with E-state index in [9.17, 15) is 14.4 Å². The zero-order chi connectivity index (χ0) is 37.6. The van der Waals surface area contributed by atoms with E-state index >= 15 is 0 Å². The van der Waals surface area contributed by atoms with Crippen LogP contribution in [0.15, 0.2) is 42.5 Å². The second-order valence-electron chi connectivity index (χ2n) is 12.5. The fourth-order valence-electron chi connectivity index (χ4n) is 4.98. The summed E-state index contributed by atoms with van der Waals surface area (Å²) in [6.45, 7) is 12.8. The molecule has 51 heavy (non-hydrogen) atoms. The van der Waals surface area contributed by atoms with Crippen molar-refractivity contribution in [2.45, 2.75) is 65.5 Å². The summed E-state index contributed by atoms with van der Waals surface area (Å²) in [7, 11) is 0. The van der Waals surface area contributed by atoms with Gasteiger partial charge in [0.15, 0.2) is 5.69 Å². The first-order valence-electron chi connectivity index (χ1n) is 16.7. The van der Waals surface area contributed by atoms with Gasteiger partial charge in [-0.25, -0.2) is 14.3 Å². The zero-order valence-corrected chi connectivity index (χ0v) is 32.2. The van der Waals surface area contributed by atoms with Gasteiger partial charge in [-0.2, -0.15) is 5.10 Å². The van der Waals surface area contributed by atoms with Crippen LogP contribution < -0.4 is 10.6 Å². The molecule has 2 amide bonds. The minimum atomic E-state index is -1.39. The molecular weight excluding hydrogens is 723 g/mol. The predicted molar refractivity (Wildman–Crippen MR) is 197 cm³/mol. The van der Waals surface area contributed by atoms with Crippen molar-refractivity contribution >= 4 is 52.8 Å². The monoisotopic (exact) mass is 768 g/mol. The summed E-state index contributed by atoms with van der Waals surface area (Å²) in [5.41, 5.74) is 0.594. The van der Waals surface area contributed by atoms with E-state index in [0.29, 0.717) is 65.0 Å². The summed E-state index contributed by atoms with van der Waals surface area (Å²) in [5, 5.41) is 11.6. The molecule has 1 heterocycles. The molecule has 0 spiro atoms. The lowest BCUT2D eigenvalue weighted by atomic mass is 9.91. The molecule has 1 atom stereocenters. The number of hydrogen-bond acceptors (Lipinski definition) is 9. The molecule has 12 nitrogen and oxygen atoms in total. The molecule has 0 aliphatic rings. The van der Waals surface area contributed by atoms with Crippen molar-refractivity contribution < 1.29 is 38.1 Å². The van der Waals surface area contributed by atoms with Crippen LogP contribution in [0, 0.1) is 6.92 Å². The van der Waals surface area contributed by atoms with Crippen LogP contribution in [-0.4, -0.2) is 91.7 Å². The van der Waals surface area contributed by atoms with E-state index in [1.54, 1.807) is 76.6 Å². The molecule has 0 radical (unpaired) electrons. The van der Waals surface area contributed by atoms with Gasteiger partial charge < -0.3 is 34.3 Å². The number of esters is 1. The van der Waals surface area contributed by atoms with Crippen molar-refractivity contribution in [3.63, 3.8) is 0 Å². The average molecular weight is 770 g/mol. The molecular formula is C36H47Cl3N4O8. The van der Waals surface area contributed by atoms with Gasteiger partial charge in [0.2, 0.25) is 0 Å². The van der Waals surface area contributed by atoms with Crippen LogP contribution >= 0.6 is 34.8 Å². The zero-order valence-electron chi connectivity index (χ0n) is 29.9. The van der Waals surface area contributed by atoms with E-state index in [1.807, 2.05) is 12.1 Å². The lowest BCUT2D eigenvalue weighted by molar-refractivity contribution is -0.152. The minimum Gasteiger partial charge on any atom is -0.464 e. The van der Waals surface area contributed by atoms with Crippen molar-refractivity contribution in [2.75, 3.05) is 52.8 Å². The second kappa shape index (κ2) is 20.0. The molecule has 0 fully saturated rings. The van der Waals surface area contributed by atoms with Crippen LogP contribution in [0.1, 0.15) is 63.5 Å². The van der Waals surface area contributed by atoms with Gasteiger partial charge >= 0.3 is 12.1 Å². The third-order valence-electron chi connectivity index (χ3n) is 7.55. The van der Waals surface area contributed by atoms with Crippen molar-refractivity contribution in [1.82, 2.24) is 20.4 Å². The topological polar surface area (TPSA) is 139 Å². The average Bonchev–Trinajstić information content (AvgIpc) is 3.40. The maximum absolute atomic E-state index is 14.0. The predicted octanol–water partition coefficient (Wildman–Crippen LogP) is 7.21. The summed E-state index contributed by atoms with van der Waals surface area (Å²) >= 11 is 18.9. The maximum atomic E-state index is 14.0. The van der Waals surface area contributed by atoms with Gasteiger partial charge in [0.25, 0.3) is 5.91 Å². The Balaban J connectivity index is 1.63. The molecule has 0 saturated heterocycles. The highest BCUT2D eigenvalue weighted by atomic mass is 35.5. The number of alkyl carbamates (subject to hydrolysis) is 1. The SMILES string of the molecule is CCOC(=O)[C@](CC)(CCOCCOCCOCCNC(=O)OC(C)(C)C)NC(=O)c1nn(-c2ccc(Cl)cc2Cl)c(-c2ccc(Cl)cc2)c1C. The highest BCUT2D eigenvalue weighted by Gasteiger charge is 2.41. The standard InChI is InChI=1S/C36H47Cl3N4O8/c1-7-36(33(45)50-8-2,15-17-47-19-21-49-22-20-48-18-16-40-34(46)51-35(4,5)6)41-32(44)30-24(3)31(25-9-11-26(37)12-10-25)43(42-30)29-14-13-27(38)23-28(29)39/h9-14,23H,7-8,15-22H2,1-6H3,(H,40,46)(H,41,44)/t36-/m0/s1. The number of carbonyl (C=O) groups is 3. The summed E-state index contributed by atoms with van der Waals surface area (Å²) in [6, 6.07) is 12.1. The summed E-state index contributed by atoms with van der Waals surface area (Å²) in [5.74, 6) is -1.14.